The summed E-state index contributed by atoms with van der Waals surface area (Å²) in [5.41, 5.74) is 2.61. The molecule has 1 saturated carbocycles. The molecule has 1 fully saturated rings. The number of esters is 1. The topological polar surface area (TPSA) is 106 Å². The van der Waals surface area contributed by atoms with Gasteiger partial charge in [0.1, 0.15) is 6.54 Å². The fourth-order valence-corrected chi connectivity index (χ4v) is 5.24. The molecule has 35 heavy (non-hydrogen) atoms. The summed E-state index contributed by atoms with van der Waals surface area (Å²) < 4.78 is 6.68. The van der Waals surface area contributed by atoms with E-state index in [1.165, 1.54) is 6.42 Å². The number of carbonyl (C=O) groups is 1. The van der Waals surface area contributed by atoms with Crippen molar-refractivity contribution >= 4 is 16.9 Å². The molecule has 4 rings (SSSR count). The fraction of sp³-hybridized carbons (Fsp3) is 0.577. The van der Waals surface area contributed by atoms with Crippen molar-refractivity contribution in [1.29, 1.82) is 0 Å². The number of aromatic amines is 1. The lowest BCUT2D eigenvalue weighted by molar-refractivity contribution is -0.144. The van der Waals surface area contributed by atoms with Crippen molar-refractivity contribution in [3.63, 3.8) is 0 Å². The van der Waals surface area contributed by atoms with Gasteiger partial charge in [-0.15, -0.1) is 5.10 Å². The van der Waals surface area contributed by atoms with Crippen LogP contribution in [0.2, 0.25) is 0 Å². The Labute approximate surface area is 205 Å². The van der Waals surface area contributed by atoms with Gasteiger partial charge < -0.3 is 9.72 Å². The third kappa shape index (κ3) is 5.78. The number of aryl methyl sites for hydroxylation is 1. The number of ether oxygens (including phenoxy) is 1. The minimum atomic E-state index is -0.367. The van der Waals surface area contributed by atoms with Crippen LogP contribution in [0.5, 0.6) is 0 Å². The second kappa shape index (κ2) is 11.1. The number of nitrogens with one attached hydrogen (secondary N) is 1. The molecule has 0 aliphatic heterocycles. The smallest absolute Gasteiger partial charge is 0.327 e. The van der Waals surface area contributed by atoms with Gasteiger partial charge in [0.2, 0.25) is 0 Å². The Morgan fingerprint density at radius 1 is 1.23 bits per heavy atom. The molecule has 1 atom stereocenters. The van der Waals surface area contributed by atoms with Crippen LogP contribution in [0.4, 0.5) is 0 Å². The van der Waals surface area contributed by atoms with Gasteiger partial charge in [-0.05, 0) is 66.1 Å². The lowest BCUT2D eigenvalue weighted by atomic mass is 9.90. The number of hydrogen-bond donors (Lipinski definition) is 1. The SMILES string of the molecule is CCOC(=O)Cn1nnnc1[C@H](C(C)C)N(Cc1cc2ccc(C)cc2[nH]c1=O)C1CCCCC1. The molecule has 0 bridgehead atoms. The van der Waals surface area contributed by atoms with Crippen molar-refractivity contribution in [2.75, 3.05) is 6.61 Å². The quantitative estimate of drug-likeness (QED) is 0.463. The van der Waals surface area contributed by atoms with Gasteiger partial charge in [0, 0.05) is 23.7 Å². The minimum absolute atomic E-state index is 0.0339. The van der Waals surface area contributed by atoms with Crippen LogP contribution in [0, 0.1) is 12.8 Å². The summed E-state index contributed by atoms with van der Waals surface area (Å²) in [6.45, 7) is 8.83. The molecule has 2 heterocycles. The van der Waals surface area contributed by atoms with Crippen molar-refractivity contribution in [3.05, 3.63) is 51.6 Å². The average Bonchev–Trinajstić information content (AvgIpc) is 3.27. The van der Waals surface area contributed by atoms with E-state index >= 15 is 0 Å². The third-order valence-corrected chi connectivity index (χ3v) is 6.87. The highest BCUT2D eigenvalue weighted by molar-refractivity contribution is 5.79. The van der Waals surface area contributed by atoms with Crippen LogP contribution < -0.4 is 5.56 Å². The van der Waals surface area contributed by atoms with Crippen molar-refractivity contribution in [2.24, 2.45) is 5.92 Å². The van der Waals surface area contributed by atoms with E-state index in [1.807, 2.05) is 19.1 Å². The summed E-state index contributed by atoms with van der Waals surface area (Å²) in [4.78, 5) is 30.8. The van der Waals surface area contributed by atoms with Crippen LogP contribution >= 0.6 is 0 Å². The molecule has 0 spiro atoms. The van der Waals surface area contributed by atoms with Crippen molar-refractivity contribution in [1.82, 2.24) is 30.1 Å². The third-order valence-electron chi connectivity index (χ3n) is 6.87. The first-order chi connectivity index (χ1) is 16.9. The van der Waals surface area contributed by atoms with Gasteiger partial charge in [-0.1, -0.05) is 45.2 Å². The molecule has 0 amide bonds. The van der Waals surface area contributed by atoms with Crippen molar-refractivity contribution < 1.29 is 9.53 Å². The van der Waals surface area contributed by atoms with E-state index in [0.717, 1.165) is 47.7 Å². The zero-order chi connectivity index (χ0) is 24.9. The molecule has 0 unspecified atom stereocenters. The summed E-state index contributed by atoms with van der Waals surface area (Å²) in [6, 6.07) is 8.26. The standard InChI is InChI=1S/C26H36N6O3/c1-5-35-23(33)16-32-25(28-29-30-32)24(17(2)3)31(21-9-7-6-8-10-21)15-20-14-19-12-11-18(4)13-22(19)27-26(20)34/h11-14,17,21,24H,5-10,15-16H2,1-4H3,(H,27,34)/t24-/m0/s1. The molecule has 1 aliphatic carbocycles. The number of benzene rings is 1. The number of carbonyl (C=O) groups excluding carboxylic acids is 1. The molecule has 0 saturated heterocycles. The van der Waals surface area contributed by atoms with Crippen LogP contribution in [-0.4, -0.2) is 48.7 Å². The van der Waals surface area contributed by atoms with Gasteiger partial charge in [-0.3, -0.25) is 14.5 Å². The predicted octanol–water partition coefficient (Wildman–Crippen LogP) is 3.92. The number of nitrogens with zero attached hydrogens (tertiary/aromatic N) is 5. The molecule has 1 N–H and O–H groups in total. The van der Waals surface area contributed by atoms with Gasteiger partial charge >= 0.3 is 5.97 Å². The Morgan fingerprint density at radius 2 is 2.00 bits per heavy atom. The maximum Gasteiger partial charge on any atom is 0.327 e. The Hall–Kier alpha value is -3.07. The number of fused-ring (bicyclic) bond motifs is 1. The highest BCUT2D eigenvalue weighted by Crippen LogP contribution is 2.35. The number of tetrazole rings is 1. The maximum absolute atomic E-state index is 13.1. The summed E-state index contributed by atoms with van der Waals surface area (Å²) in [5.74, 6) is 0.423. The van der Waals surface area contributed by atoms with E-state index in [0.29, 0.717) is 25.0 Å². The highest BCUT2D eigenvalue weighted by Gasteiger charge is 2.35. The van der Waals surface area contributed by atoms with Crippen LogP contribution in [0.1, 0.15) is 75.9 Å². The van der Waals surface area contributed by atoms with E-state index in [2.05, 4.69) is 51.4 Å². The van der Waals surface area contributed by atoms with E-state index in [-0.39, 0.29) is 30.0 Å². The van der Waals surface area contributed by atoms with E-state index in [9.17, 15) is 9.59 Å². The average molecular weight is 481 g/mol. The fourth-order valence-electron chi connectivity index (χ4n) is 5.24. The first-order valence-corrected chi connectivity index (χ1v) is 12.7. The minimum Gasteiger partial charge on any atom is -0.465 e. The molecular weight excluding hydrogens is 444 g/mol. The van der Waals surface area contributed by atoms with Crippen molar-refractivity contribution in [3.8, 4) is 0 Å². The Balaban J connectivity index is 1.73. The molecule has 3 aromatic rings. The molecule has 188 valence electrons. The first kappa shape index (κ1) is 25.0. The van der Waals surface area contributed by atoms with Gasteiger partial charge in [0.25, 0.3) is 5.56 Å². The van der Waals surface area contributed by atoms with Crippen LogP contribution in [0.3, 0.4) is 0 Å². The second-order valence-electron chi connectivity index (χ2n) is 9.87. The van der Waals surface area contributed by atoms with Crippen LogP contribution in [0.25, 0.3) is 10.9 Å². The molecule has 9 nitrogen and oxygen atoms in total. The van der Waals surface area contributed by atoms with E-state index in [1.54, 1.807) is 11.6 Å². The summed E-state index contributed by atoms with van der Waals surface area (Å²) >= 11 is 0. The molecule has 0 radical (unpaired) electrons. The normalized spacial score (nSPS) is 15.7. The van der Waals surface area contributed by atoms with E-state index < -0.39 is 0 Å². The summed E-state index contributed by atoms with van der Waals surface area (Å²) in [6.07, 6.45) is 5.67. The predicted molar refractivity (Wildman–Crippen MR) is 134 cm³/mol. The number of rotatable bonds is 9. The van der Waals surface area contributed by atoms with Gasteiger partial charge in [-0.2, -0.15) is 0 Å². The maximum atomic E-state index is 13.1. The number of pyridine rings is 1. The van der Waals surface area contributed by atoms with Crippen molar-refractivity contribution in [2.45, 2.75) is 85.0 Å². The molecule has 1 aromatic carbocycles. The van der Waals surface area contributed by atoms with Gasteiger partial charge in [-0.25, -0.2) is 4.68 Å². The Morgan fingerprint density at radius 3 is 2.71 bits per heavy atom. The molecule has 1 aliphatic rings. The van der Waals surface area contributed by atoms with Gasteiger partial charge in [0.15, 0.2) is 5.82 Å². The van der Waals surface area contributed by atoms with E-state index in [4.69, 9.17) is 4.74 Å². The first-order valence-electron chi connectivity index (χ1n) is 12.7. The zero-order valence-corrected chi connectivity index (χ0v) is 21.2. The van der Waals surface area contributed by atoms with Gasteiger partial charge in [0.05, 0.1) is 12.6 Å². The molecule has 2 aromatic heterocycles. The lowest BCUT2D eigenvalue weighted by Crippen LogP contribution is -2.43. The highest BCUT2D eigenvalue weighted by atomic mass is 16.5. The second-order valence-corrected chi connectivity index (χ2v) is 9.87. The zero-order valence-electron chi connectivity index (χ0n) is 21.2. The number of H-pyrrole nitrogens is 1. The largest absolute Gasteiger partial charge is 0.465 e. The number of hydrogen-bond acceptors (Lipinski definition) is 7. The molecule has 9 heteroatoms. The Kier molecular flexibility index (Phi) is 7.95. The van der Waals surface area contributed by atoms with Crippen LogP contribution in [0.15, 0.2) is 29.1 Å². The summed E-state index contributed by atoms with van der Waals surface area (Å²) in [5, 5.41) is 13.4. The summed E-state index contributed by atoms with van der Waals surface area (Å²) in [7, 11) is 0. The lowest BCUT2D eigenvalue weighted by Gasteiger charge is -2.41. The monoisotopic (exact) mass is 480 g/mol. The van der Waals surface area contributed by atoms with Crippen LogP contribution in [-0.2, 0) is 22.6 Å². The number of aromatic nitrogens is 5. The molecular formula is C26H36N6O3. The Bertz CT molecular complexity index is 1210.